The van der Waals surface area contributed by atoms with Crippen LogP contribution in [-0.2, 0) is 4.74 Å². The van der Waals surface area contributed by atoms with Gasteiger partial charge in [-0.15, -0.1) is 0 Å². The molecule has 1 saturated heterocycles. The number of methoxy groups -OCH3 is 1. The minimum atomic E-state index is -0.163. The van der Waals surface area contributed by atoms with Gasteiger partial charge >= 0.3 is 0 Å². The highest BCUT2D eigenvalue weighted by atomic mass is 35.5. The maximum absolute atomic E-state index is 6.61. The van der Waals surface area contributed by atoms with Crippen LogP contribution in [0.1, 0.15) is 23.5 Å². The van der Waals surface area contributed by atoms with E-state index in [4.69, 9.17) is 33.3 Å². The van der Waals surface area contributed by atoms with Crippen molar-refractivity contribution < 1.29 is 9.47 Å². The zero-order valence-electron chi connectivity index (χ0n) is 19.2. The third-order valence-corrected chi connectivity index (χ3v) is 6.56. The third-order valence-electron chi connectivity index (χ3n) is 5.95. The number of benzene rings is 2. The number of thiocarbonyl (C=S) groups is 1. The van der Waals surface area contributed by atoms with E-state index in [-0.39, 0.29) is 12.1 Å². The molecule has 3 heterocycles. The molecule has 4 aromatic rings. The molecule has 0 radical (unpaired) electrons. The van der Waals surface area contributed by atoms with E-state index in [9.17, 15) is 0 Å². The van der Waals surface area contributed by atoms with E-state index < -0.39 is 0 Å². The molecule has 1 aliphatic rings. The van der Waals surface area contributed by atoms with E-state index in [1.165, 1.54) is 0 Å². The average Bonchev–Trinajstić information content (AvgIpc) is 3.50. The summed E-state index contributed by atoms with van der Waals surface area (Å²) < 4.78 is 13.0. The van der Waals surface area contributed by atoms with Crippen molar-refractivity contribution in [1.82, 2.24) is 14.9 Å². The van der Waals surface area contributed by atoms with E-state index in [0.29, 0.717) is 29.1 Å². The number of nitrogens with one attached hydrogen (secondary N) is 1. The summed E-state index contributed by atoms with van der Waals surface area (Å²) in [5, 5.41) is 4.62. The molecule has 8 heteroatoms. The molecule has 0 spiro atoms. The van der Waals surface area contributed by atoms with Gasteiger partial charge in [-0.25, -0.2) is 0 Å². The number of ether oxygens (including phenoxy) is 2. The fourth-order valence-corrected chi connectivity index (χ4v) is 4.96. The molecule has 5 rings (SSSR count). The Morgan fingerprint density at radius 1 is 0.971 bits per heavy atom. The van der Waals surface area contributed by atoms with E-state index in [1.807, 2.05) is 54.6 Å². The van der Waals surface area contributed by atoms with Crippen molar-refractivity contribution in [3.8, 4) is 11.4 Å². The lowest BCUT2D eigenvalue weighted by Gasteiger charge is -2.29. The van der Waals surface area contributed by atoms with Crippen molar-refractivity contribution in [3.63, 3.8) is 0 Å². The number of hydrogen-bond donors (Lipinski definition) is 1. The average molecular weight is 505 g/mol. The summed E-state index contributed by atoms with van der Waals surface area (Å²) >= 11 is 12.5. The van der Waals surface area contributed by atoms with Crippen LogP contribution in [0.4, 0.5) is 5.69 Å². The van der Waals surface area contributed by atoms with Crippen LogP contribution in [-0.4, -0.2) is 35.0 Å². The fraction of sp³-hybridized carbons (Fsp3) is 0.185. The van der Waals surface area contributed by atoms with Crippen LogP contribution in [0.15, 0.2) is 91.3 Å². The zero-order chi connectivity index (χ0) is 24.2. The monoisotopic (exact) mass is 504 g/mol. The van der Waals surface area contributed by atoms with Crippen LogP contribution in [0.25, 0.3) is 5.69 Å². The molecule has 1 N–H and O–H groups in total. The fourth-order valence-electron chi connectivity index (χ4n) is 4.38. The van der Waals surface area contributed by atoms with Crippen molar-refractivity contribution in [1.29, 1.82) is 0 Å². The number of pyridine rings is 1. The van der Waals surface area contributed by atoms with Crippen molar-refractivity contribution in [2.75, 3.05) is 25.2 Å². The first-order valence-corrected chi connectivity index (χ1v) is 12.1. The molecule has 2 atom stereocenters. The minimum Gasteiger partial charge on any atom is -0.490 e. The SMILES string of the molecule is COCCOc1ccc(N2C(=S)NC(c3ccccn3)C2c2cccn2-c2ccccc2)cc1Cl. The largest absolute Gasteiger partial charge is 0.490 e. The number of rotatable bonds is 8. The van der Waals surface area contributed by atoms with Crippen molar-refractivity contribution in [2.45, 2.75) is 12.1 Å². The number of nitrogens with zero attached hydrogens (tertiary/aromatic N) is 3. The molecule has 1 aliphatic heterocycles. The Balaban J connectivity index is 1.58. The number of para-hydroxylation sites is 1. The van der Waals surface area contributed by atoms with Gasteiger partial charge in [0.05, 0.1) is 23.4 Å². The van der Waals surface area contributed by atoms with E-state index in [1.54, 1.807) is 13.3 Å². The highest BCUT2D eigenvalue weighted by Gasteiger charge is 2.42. The lowest BCUT2D eigenvalue weighted by Crippen LogP contribution is -2.30. The zero-order valence-corrected chi connectivity index (χ0v) is 20.7. The second kappa shape index (κ2) is 10.5. The van der Waals surface area contributed by atoms with Gasteiger partial charge in [0.1, 0.15) is 18.4 Å². The first-order valence-electron chi connectivity index (χ1n) is 11.3. The summed E-state index contributed by atoms with van der Waals surface area (Å²) in [6.07, 6.45) is 3.87. The molecule has 2 unspecified atom stereocenters. The molecule has 2 aromatic heterocycles. The lowest BCUT2D eigenvalue weighted by molar-refractivity contribution is 0.146. The second-order valence-electron chi connectivity index (χ2n) is 8.09. The first-order chi connectivity index (χ1) is 17.2. The summed E-state index contributed by atoms with van der Waals surface area (Å²) in [6, 6.07) is 25.8. The Morgan fingerprint density at radius 2 is 1.80 bits per heavy atom. The van der Waals surface area contributed by atoms with Crippen LogP contribution < -0.4 is 15.0 Å². The maximum atomic E-state index is 6.61. The van der Waals surface area contributed by atoms with Gasteiger partial charge in [-0.2, -0.15) is 0 Å². The van der Waals surface area contributed by atoms with E-state index in [2.05, 4.69) is 50.2 Å². The normalized spacial score (nSPS) is 17.4. The molecule has 1 fully saturated rings. The van der Waals surface area contributed by atoms with Crippen molar-refractivity contribution in [3.05, 3.63) is 108 Å². The van der Waals surface area contributed by atoms with Crippen LogP contribution in [0.5, 0.6) is 5.75 Å². The molecule has 0 bridgehead atoms. The van der Waals surface area contributed by atoms with Gasteiger partial charge in [-0.1, -0.05) is 35.9 Å². The Labute approximate surface area is 215 Å². The first kappa shape index (κ1) is 23.4. The summed E-state index contributed by atoms with van der Waals surface area (Å²) in [4.78, 5) is 6.75. The van der Waals surface area contributed by atoms with Gasteiger partial charge in [0.2, 0.25) is 0 Å². The number of aromatic nitrogens is 2. The highest BCUT2D eigenvalue weighted by Crippen LogP contribution is 2.43. The minimum absolute atomic E-state index is 0.155. The molecule has 2 aromatic carbocycles. The topological polar surface area (TPSA) is 51.6 Å². The molecule has 6 nitrogen and oxygen atoms in total. The maximum Gasteiger partial charge on any atom is 0.174 e. The molecule has 0 amide bonds. The van der Waals surface area contributed by atoms with Crippen LogP contribution in [0.3, 0.4) is 0 Å². The van der Waals surface area contributed by atoms with Crippen molar-refractivity contribution >= 4 is 34.6 Å². The van der Waals surface area contributed by atoms with Crippen LogP contribution in [0.2, 0.25) is 5.02 Å². The van der Waals surface area contributed by atoms with Gasteiger partial charge in [0, 0.05) is 36.6 Å². The van der Waals surface area contributed by atoms with Gasteiger partial charge in [0.15, 0.2) is 5.11 Å². The Kier molecular flexibility index (Phi) is 6.99. The Bertz CT molecular complexity index is 1300. The standard InChI is InChI=1S/C27H25ClN4O2S/c1-33-16-17-34-24-13-12-20(18-21(24)28)32-26(25(30-27(32)35)22-10-5-6-14-29-22)23-11-7-15-31(23)19-8-3-2-4-9-19/h2-15,18,25-26H,16-17H2,1H3,(H,30,35). The Morgan fingerprint density at radius 3 is 2.54 bits per heavy atom. The molecular formula is C27H25ClN4O2S. The van der Waals surface area contributed by atoms with Gasteiger partial charge < -0.3 is 24.3 Å². The molecular weight excluding hydrogens is 480 g/mol. The number of halogens is 1. The predicted molar refractivity (Wildman–Crippen MR) is 143 cm³/mol. The van der Waals surface area contributed by atoms with Gasteiger partial charge in [-0.05, 0) is 66.8 Å². The highest BCUT2D eigenvalue weighted by molar-refractivity contribution is 7.80. The summed E-state index contributed by atoms with van der Waals surface area (Å²) in [5.41, 5.74) is 3.94. The lowest BCUT2D eigenvalue weighted by atomic mass is 10.0. The quantitative estimate of drug-likeness (QED) is 0.244. The molecule has 0 saturated carbocycles. The summed E-state index contributed by atoms with van der Waals surface area (Å²) in [5.74, 6) is 0.607. The summed E-state index contributed by atoms with van der Waals surface area (Å²) in [7, 11) is 1.64. The predicted octanol–water partition coefficient (Wildman–Crippen LogP) is 5.73. The third kappa shape index (κ3) is 4.75. The number of anilines is 1. The van der Waals surface area contributed by atoms with E-state index in [0.717, 1.165) is 22.8 Å². The molecule has 0 aliphatic carbocycles. The Hall–Kier alpha value is -3.39. The van der Waals surface area contributed by atoms with Crippen LogP contribution in [0, 0.1) is 0 Å². The van der Waals surface area contributed by atoms with Gasteiger partial charge in [0.25, 0.3) is 0 Å². The van der Waals surface area contributed by atoms with Gasteiger partial charge in [-0.3, -0.25) is 4.98 Å². The van der Waals surface area contributed by atoms with E-state index >= 15 is 0 Å². The number of hydrogen-bond acceptors (Lipinski definition) is 4. The van der Waals surface area contributed by atoms with Crippen LogP contribution >= 0.6 is 23.8 Å². The van der Waals surface area contributed by atoms with Crippen molar-refractivity contribution in [2.24, 2.45) is 0 Å². The second-order valence-corrected chi connectivity index (χ2v) is 8.89. The smallest absolute Gasteiger partial charge is 0.174 e. The molecule has 178 valence electrons. The molecule has 35 heavy (non-hydrogen) atoms. The summed E-state index contributed by atoms with van der Waals surface area (Å²) in [6.45, 7) is 0.913.